The molecule has 0 radical (unpaired) electrons. The van der Waals surface area contributed by atoms with Crippen molar-refractivity contribution in [1.82, 2.24) is 20.3 Å². The highest BCUT2D eigenvalue weighted by atomic mass is 19.1. The van der Waals surface area contributed by atoms with Crippen LogP contribution in [0.1, 0.15) is 114 Å². The number of fused-ring (bicyclic) bond motifs is 3. The number of anilines is 1. The van der Waals surface area contributed by atoms with E-state index in [9.17, 15) is 9.18 Å². The molecule has 3 aromatic rings. The third kappa shape index (κ3) is 3.72. The van der Waals surface area contributed by atoms with Crippen molar-refractivity contribution in [2.24, 2.45) is 10.8 Å². The summed E-state index contributed by atoms with van der Waals surface area (Å²) in [6.45, 7) is 4.79. The number of halogens is 1. The number of rotatable bonds is 8. The van der Waals surface area contributed by atoms with Gasteiger partial charge in [0.1, 0.15) is 5.67 Å². The molecule has 1 amide bonds. The molecule has 0 N–H and O–H groups in total. The van der Waals surface area contributed by atoms with E-state index in [1.54, 1.807) is 0 Å². The van der Waals surface area contributed by atoms with E-state index >= 15 is 0 Å². The number of benzene rings is 1. The van der Waals surface area contributed by atoms with Gasteiger partial charge < -0.3 is 13.9 Å². The van der Waals surface area contributed by atoms with E-state index in [1.807, 2.05) is 29.2 Å². The van der Waals surface area contributed by atoms with Crippen molar-refractivity contribution in [1.29, 1.82) is 0 Å². The lowest BCUT2D eigenvalue weighted by molar-refractivity contribution is -0.211. The van der Waals surface area contributed by atoms with Gasteiger partial charge in [0.15, 0.2) is 11.6 Å². The Kier molecular flexibility index (Phi) is 5.08. The lowest BCUT2D eigenvalue weighted by atomic mass is 9.41. The third-order valence-corrected chi connectivity index (χ3v) is 10.8. The van der Waals surface area contributed by atoms with Crippen molar-refractivity contribution in [3.63, 3.8) is 0 Å². The van der Waals surface area contributed by atoms with E-state index in [2.05, 4.69) is 29.1 Å². The number of carbonyl (C=O) groups is 1. The molecule has 0 aliphatic heterocycles. The number of nitrogens with zero attached hydrogens (tertiary/aromatic N) is 5. The molecule has 2 aromatic heterocycles. The minimum Gasteiger partial charge on any atom is -0.339 e. The molecule has 2 heterocycles. The van der Waals surface area contributed by atoms with Gasteiger partial charge in [0, 0.05) is 35.0 Å². The summed E-state index contributed by atoms with van der Waals surface area (Å²) in [5.41, 5.74) is -0.0222. The summed E-state index contributed by atoms with van der Waals surface area (Å²) in [5, 5.41) is 8.58. The fraction of sp³-hybridized carbons (Fsp3) is 0.645. The van der Waals surface area contributed by atoms with E-state index in [0.717, 1.165) is 74.3 Å². The molecule has 7 fully saturated rings. The summed E-state index contributed by atoms with van der Waals surface area (Å²) < 4.78 is 25.7. The van der Waals surface area contributed by atoms with Crippen molar-refractivity contribution in [3.05, 3.63) is 41.8 Å². The number of hydrogen-bond donors (Lipinski definition) is 0. The van der Waals surface area contributed by atoms with E-state index in [4.69, 9.17) is 14.0 Å². The summed E-state index contributed by atoms with van der Waals surface area (Å²) in [7, 11) is 0. The van der Waals surface area contributed by atoms with Crippen molar-refractivity contribution in [3.8, 4) is 11.5 Å². The zero-order chi connectivity index (χ0) is 27.3. The predicted octanol–water partition coefficient (Wildman–Crippen LogP) is 6.64. The summed E-state index contributed by atoms with van der Waals surface area (Å²) in [6.07, 6.45) is 9.30. The number of aromatic nitrogens is 4. The van der Waals surface area contributed by atoms with E-state index in [-0.39, 0.29) is 22.7 Å². The van der Waals surface area contributed by atoms with Gasteiger partial charge in [0.25, 0.3) is 5.89 Å². The Labute approximate surface area is 233 Å². The van der Waals surface area contributed by atoms with Crippen LogP contribution in [0.3, 0.4) is 0 Å². The van der Waals surface area contributed by atoms with Gasteiger partial charge in [0.05, 0.1) is 5.41 Å². The normalized spacial score (nSPS) is 34.0. The highest BCUT2D eigenvalue weighted by Crippen LogP contribution is 2.70. The van der Waals surface area contributed by atoms with Gasteiger partial charge in [-0.15, -0.1) is 0 Å². The summed E-state index contributed by atoms with van der Waals surface area (Å²) >= 11 is 0. The van der Waals surface area contributed by atoms with Crippen molar-refractivity contribution >= 4 is 11.6 Å². The molecule has 1 aromatic carbocycles. The molecule has 0 unspecified atom stereocenters. The largest absolute Gasteiger partial charge is 0.339 e. The summed E-state index contributed by atoms with van der Waals surface area (Å²) in [4.78, 5) is 25.5. The van der Waals surface area contributed by atoms with Gasteiger partial charge in [-0.1, -0.05) is 30.2 Å². The van der Waals surface area contributed by atoms with Crippen LogP contribution in [0.15, 0.2) is 33.3 Å². The van der Waals surface area contributed by atoms with Gasteiger partial charge in [-0.25, -0.2) is 4.39 Å². The maximum atomic E-state index is 14.5. The third-order valence-electron chi connectivity index (χ3n) is 10.8. The maximum Gasteiger partial charge on any atom is 0.258 e. The molecule has 7 aliphatic carbocycles. The Balaban J connectivity index is 1.07. The molecule has 210 valence electrons. The second-order valence-electron chi connectivity index (χ2n) is 14.0. The quantitative estimate of drug-likeness (QED) is 0.313. The fourth-order valence-electron chi connectivity index (χ4n) is 7.98. The van der Waals surface area contributed by atoms with Gasteiger partial charge in [-0.3, -0.25) is 4.79 Å². The first-order valence-electron chi connectivity index (χ1n) is 15.0. The van der Waals surface area contributed by atoms with Crippen molar-refractivity contribution in [2.45, 2.75) is 107 Å². The Hall–Kier alpha value is -3.10. The Morgan fingerprint density at radius 3 is 2.38 bits per heavy atom. The first-order chi connectivity index (χ1) is 19.2. The molecule has 0 saturated heterocycles. The monoisotopic (exact) mass is 545 g/mol. The number of hydrogen-bond acceptors (Lipinski definition) is 7. The lowest BCUT2D eigenvalue weighted by Crippen LogP contribution is -2.71. The van der Waals surface area contributed by atoms with Crippen LogP contribution in [0.4, 0.5) is 10.1 Å². The molecule has 0 spiro atoms. The van der Waals surface area contributed by atoms with E-state index in [1.165, 1.54) is 0 Å². The van der Waals surface area contributed by atoms with Gasteiger partial charge in [-0.05, 0) is 94.2 Å². The molecular weight excluding hydrogens is 509 g/mol. The van der Waals surface area contributed by atoms with Crippen molar-refractivity contribution in [2.75, 3.05) is 11.4 Å². The molecule has 7 aliphatic rings. The van der Waals surface area contributed by atoms with Crippen LogP contribution >= 0.6 is 0 Å². The maximum absolute atomic E-state index is 14.5. The topological polar surface area (TPSA) is 98.2 Å². The SMILES string of the molecule is CC(C)c1nc(C23CCC(CN(C(=O)C45CC(F)(C4)C5)c4cccc(-c5nc(C6CC6)no5)c4)(CC2)CC3)no1. The highest BCUT2D eigenvalue weighted by molar-refractivity contribution is 6.00. The molecule has 4 bridgehead atoms. The second-order valence-corrected chi connectivity index (χ2v) is 14.0. The van der Waals surface area contributed by atoms with Crippen molar-refractivity contribution < 1.29 is 18.2 Å². The van der Waals surface area contributed by atoms with Gasteiger partial charge in [-0.2, -0.15) is 9.97 Å². The van der Waals surface area contributed by atoms with Crippen LogP contribution in [0, 0.1) is 10.8 Å². The van der Waals surface area contributed by atoms with Gasteiger partial charge in [0.2, 0.25) is 11.8 Å². The van der Waals surface area contributed by atoms with Crippen LogP contribution in [-0.4, -0.2) is 38.4 Å². The molecule has 7 saturated carbocycles. The Bertz CT molecular complexity index is 1440. The molecule has 8 nitrogen and oxygen atoms in total. The Morgan fingerprint density at radius 1 is 1.02 bits per heavy atom. The molecular formula is C31H36FN5O3. The van der Waals surface area contributed by atoms with Crippen LogP contribution in [0.5, 0.6) is 0 Å². The minimum atomic E-state index is -1.13. The standard InChI is InChI=1S/C31H36FN5O3/c1-19(2)24-34-26(36-39-24)29-11-8-28(9-12-29,10-13-29)18-37(27(38)30-15-31(32,16-30)17-30)22-5-3-4-21(14-22)25-33-23(35-40-25)20-6-7-20/h3-5,14,19-20H,6-13,15-18H2,1-2H3. The number of alkyl halides is 1. The molecule has 0 atom stereocenters. The number of amides is 1. The fourth-order valence-corrected chi connectivity index (χ4v) is 7.98. The first kappa shape index (κ1) is 24.7. The van der Waals surface area contributed by atoms with E-state index in [0.29, 0.717) is 43.5 Å². The number of carbonyl (C=O) groups excluding carboxylic acids is 1. The minimum absolute atomic E-state index is 0.0264. The summed E-state index contributed by atoms with van der Waals surface area (Å²) in [6, 6.07) is 7.91. The van der Waals surface area contributed by atoms with Crippen LogP contribution < -0.4 is 4.90 Å². The van der Waals surface area contributed by atoms with Crippen LogP contribution in [-0.2, 0) is 10.2 Å². The average Bonchev–Trinajstić information content (AvgIpc) is 3.44. The Morgan fingerprint density at radius 2 is 1.75 bits per heavy atom. The average molecular weight is 546 g/mol. The van der Waals surface area contributed by atoms with E-state index < -0.39 is 11.1 Å². The van der Waals surface area contributed by atoms with Crippen LogP contribution in [0.2, 0.25) is 0 Å². The highest BCUT2D eigenvalue weighted by Gasteiger charge is 2.73. The molecule has 9 heteroatoms. The first-order valence-corrected chi connectivity index (χ1v) is 15.0. The van der Waals surface area contributed by atoms with Crippen LogP contribution in [0.25, 0.3) is 11.5 Å². The molecule has 10 rings (SSSR count). The zero-order valence-electron chi connectivity index (χ0n) is 23.3. The smallest absolute Gasteiger partial charge is 0.258 e. The molecule has 40 heavy (non-hydrogen) atoms. The summed E-state index contributed by atoms with van der Waals surface area (Å²) in [5.74, 6) is 3.52. The van der Waals surface area contributed by atoms with Gasteiger partial charge >= 0.3 is 0 Å². The zero-order valence-corrected chi connectivity index (χ0v) is 23.3. The second kappa shape index (κ2) is 8.23. The predicted molar refractivity (Wildman–Crippen MR) is 144 cm³/mol. The lowest BCUT2D eigenvalue weighted by Gasteiger charge is -2.65.